The van der Waals surface area contributed by atoms with Crippen LogP contribution in [0.4, 0.5) is 10.5 Å². The molecule has 0 aromatic carbocycles. The summed E-state index contributed by atoms with van der Waals surface area (Å²) in [4.78, 5) is 16.2. The molecule has 8 heteroatoms. The predicted molar refractivity (Wildman–Crippen MR) is 94.5 cm³/mol. The number of hydrogen-bond acceptors (Lipinski definition) is 6. The molecule has 1 amide bonds. The third-order valence-electron chi connectivity index (χ3n) is 4.20. The van der Waals surface area contributed by atoms with Gasteiger partial charge >= 0.3 is 13.2 Å². The highest BCUT2D eigenvalue weighted by molar-refractivity contribution is 6.62. The molecule has 1 aliphatic heterocycles. The highest BCUT2D eigenvalue weighted by atomic mass is 16.7. The van der Waals surface area contributed by atoms with Crippen LogP contribution in [0.5, 0.6) is 0 Å². The van der Waals surface area contributed by atoms with Crippen LogP contribution in [0.3, 0.4) is 0 Å². The van der Waals surface area contributed by atoms with Crippen molar-refractivity contribution in [1.82, 2.24) is 4.98 Å². The fourth-order valence-corrected chi connectivity index (χ4v) is 2.25. The molecule has 1 fully saturated rings. The lowest BCUT2D eigenvalue weighted by Crippen LogP contribution is -2.41. The Balaban J connectivity index is 2.31. The standard InChI is InChI=1S/C17H24BN3O4/c1-15(2,3)23-14(22)21-12-8-9-20-13(11(12)10-19)18-24-16(4,5)17(6,7)25-18/h8-9H,1-7H3,(H,20,21,22). The van der Waals surface area contributed by atoms with Gasteiger partial charge in [-0.3, -0.25) is 10.3 Å². The van der Waals surface area contributed by atoms with Gasteiger partial charge in [0.2, 0.25) is 0 Å². The van der Waals surface area contributed by atoms with Crippen LogP contribution in [0, 0.1) is 11.3 Å². The largest absolute Gasteiger partial charge is 0.516 e. The van der Waals surface area contributed by atoms with Crippen molar-refractivity contribution >= 4 is 24.5 Å². The van der Waals surface area contributed by atoms with Gasteiger partial charge in [-0.1, -0.05) is 0 Å². The van der Waals surface area contributed by atoms with E-state index in [1.54, 1.807) is 20.8 Å². The number of rotatable bonds is 2. The first kappa shape index (κ1) is 19.2. The van der Waals surface area contributed by atoms with Crippen molar-refractivity contribution in [3.8, 4) is 6.07 Å². The summed E-state index contributed by atoms with van der Waals surface area (Å²) in [5.41, 5.74) is -0.933. The van der Waals surface area contributed by atoms with Crippen molar-refractivity contribution in [3.05, 3.63) is 17.8 Å². The molecule has 0 atom stereocenters. The average molecular weight is 345 g/mol. The van der Waals surface area contributed by atoms with Gasteiger partial charge in [-0.15, -0.1) is 0 Å². The molecule has 25 heavy (non-hydrogen) atoms. The number of ether oxygens (including phenoxy) is 1. The van der Waals surface area contributed by atoms with Crippen molar-refractivity contribution in [2.75, 3.05) is 5.32 Å². The third kappa shape index (κ3) is 4.11. The Morgan fingerprint density at radius 1 is 1.28 bits per heavy atom. The van der Waals surface area contributed by atoms with Gasteiger partial charge in [-0.05, 0) is 54.5 Å². The summed E-state index contributed by atoms with van der Waals surface area (Å²) in [5.74, 6) is 0. The van der Waals surface area contributed by atoms with Crippen LogP contribution in [-0.2, 0) is 14.0 Å². The quantitative estimate of drug-likeness (QED) is 0.828. The second kappa shape index (κ2) is 6.32. The molecule has 0 spiro atoms. The maximum Gasteiger partial charge on any atom is 0.516 e. The highest BCUT2D eigenvalue weighted by Crippen LogP contribution is 2.36. The average Bonchev–Trinajstić information content (AvgIpc) is 2.65. The van der Waals surface area contributed by atoms with Crippen LogP contribution in [0.25, 0.3) is 0 Å². The summed E-state index contributed by atoms with van der Waals surface area (Å²) in [6.07, 6.45) is 0.851. The van der Waals surface area contributed by atoms with Crippen LogP contribution < -0.4 is 10.9 Å². The summed E-state index contributed by atoms with van der Waals surface area (Å²) < 4.78 is 17.1. The lowest BCUT2D eigenvalue weighted by Gasteiger charge is -2.32. The number of nitrogens with one attached hydrogen (secondary N) is 1. The van der Waals surface area contributed by atoms with Gasteiger partial charge in [0.05, 0.1) is 28.0 Å². The van der Waals surface area contributed by atoms with E-state index in [0.29, 0.717) is 11.3 Å². The number of nitriles is 1. The molecule has 1 aliphatic rings. The first-order chi connectivity index (χ1) is 11.4. The Morgan fingerprint density at radius 3 is 2.32 bits per heavy atom. The summed E-state index contributed by atoms with van der Waals surface area (Å²) in [6, 6.07) is 3.61. The molecule has 0 saturated carbocycles. The molecule has 2 heterocycles. The normalized spacial score (nSPS) is 18.6. The third-order valence-corrected chi connectivity index (χ3v) is 4.20. The molecular weight excluding hydrogens is 321 g/mol. The molecule has 0 unspecified atom stereocenters. The van der Waals surface area contributed by atoms with Crippen molar-refractivity contribution in [2.24, 2.45) is 0 Å². The van der Waals surface area contributed by atoms with Crippen LogP contribution in [-0.4, -0.2) is 35.0 Å². The molecule has 2 rings (SSSR count). The minimum Gasteiger partial charge on any atom is -0.444 e. The van der Waals surface area contributed by atoms with Crippen LogP contribution in [0.15, 0.2) is 12.3 Å². The first-order valence-corrected chi connectivity index (χ1v) is 8.11. The number of amides is 1. The number of aromatic nitrogens is 1. The molecule has 134 valence electrons. The smallest absolute Gasteiger partial charge is 0.444 e. The van der Waals surface area contributed by atoms with E-state index in [1.807, 2.05) is 27.7 Å². The molecule has 1 aromatic rings. The Morgan fingerprint density at radius 2 is 1.84 bits per heavy atom. The van der Waals surface area contributed by atoms with Gasteiger partial charge in [0.25, 0.3) is 0 Å². The Labute approximate surface area is 148 Å². The fraction of sp³-hybridized carbons (Fsp3) is 0.588. The lowest BCUT2D eigenvalue weighted by atomic mass is 9.80. The van der Waals surface area contributed by atoms with Gasteiger partial charge < -0.3 is 14.0 Å². The van der Waals surface area contributed by atoms with Gasteiger partial charge in [-0.2, -0.15) is 5.26 Å². The number of carbonyl (C=O) groups excluding carboxylic acids is 1. The van der Waals surface area contributed by atoms with E-state index in [1.165, 1.54) is 12.3 Å². The molecule has 1 saturated heterocycles. The number of anilines is 1. The minimum absolute atomic E-state index is 0.187. The maximum atomic E-state index is 12.0. The van der Waals surface area contributed by atoms with E-state index < -0.39 is 30.0 Å². The van der Waals surface area contributed by atoms with E-state index in [2.05, 4.69) is 16.4 Å². The monoisotopic (exact) mass is 345 g/mol. The zero-order valence-corrected chi connectivity index (χ0v) is 15.8. The van der Waals surface area contributed by atoms with Crippen LogP contribution in [0.1, 0.15) is 54.0 Å². The second-order valence-electron chi connectivity index (χ2n) is 7.95. The maximum absolute atomic E-state index is 12.0. The van der Waals surface area contributed by atoms with Crippen molar-refractivity contribution < 1.29 is 18.8 Å². The summed E-state index contributed by atoms with van der Waals surface area (Å²) in [5, 5.41) is 12.2. The predicted octanol–water partition coefficient (Wildman–Crippen LogP) is 2.60. The van der Waals surface area contributed by atoms with Gasteiger partial charge in [0.15, 0.2) is 0 Å². The second-order valence-corrected chi connectivity index (χ2v) is 7.95. The van der Waals surface area contributed by atoms with Crippen molar-refractivity contribution in [2.45, 2.75) is 65.3 Å². The Kier molecular flexibility index (Phi) is 4.86. The van der Waals surface area contributed by atoms with Crippen molar-refractivity contribution in [1.29, 1.82) is 5.26 Å². The summed E-state index contributed by atoms with van der Waals surface area (Å²) >= 11 is 0. The SMILES string of the molecule is CC(C)(C)OC(=O)Nc1ccnc(B2OC(C)(C)C(C)(C)O2)c1C#N. The highest BCUT2D eigenvalue weighted by Gasteiger charge is 2.53. The van der Waals surface area contributed by atoms with Gasteiger partial charge in [0.1, 0.15) is 11.7 Å². The number of hydrogen-bond donors (Lipinski definition) is 1. The Bertz CT molecular complexity index is 704. The molecule has 0 radical (unpaired) electrons. The van der Waals surface area contributed by atoms with E-state index >= 15 is 0 Å². The first-order valence-electron chi connectivity index (χ1n) is 8.11. The van der Waals surface area contributed by atoms with Gasteiger partial charge in [0, 0.05) is 6.20 Å². The lowest BCUT2D eigenvalue weighted by molar-refractivity contribution is 0.00578. The summed E-state index contributed by atoms with van der Waals surface area (Å²) in [6.45, 7) is 13.0. The van der Waals surface area contributed by atoms with E-state index in [9.17, 15) is 10.1 Å². The van der Waals surface area contributed by atoms with Crippen LogP contribution >= 0.6 is 0 Å². The molecular formula is C17H24BN3O4. The number of pyridine rings is 1. The number of carbonyl (C=O) groups is 1. The molecule has 0 bridgehead atoms. The van der Waals surface area contributed by atoms with Crippen LogP contribution in [0.2, 0.25) is 0 Å². The number of nitrogens with zero attached hydrogens (tertiary/aromatic N) is 2. The van der Waals surface area contributed by atoms with E-state index in [4.69, 9.17) is 14.0 Å². The summed E-state index contributed by atoms with van der Waals surface area (Å²) in [7, 11) is -0.792. The van der Waals surface area contributed by atoms with E-state index in [-0.39, 0.29) is 5.56 Å². The fourth-order valence-electron chi connectivity index (χ4n) is 2.25. The molecule has 7 nitrogen and oxygen atoms in total. The minimum atomic E-state index is -0.792. The zero-order valence-electron chi connectivity index (χ0n) is 15.8. The zero-order chi connectivity index (χ0) is 19.0. The molecule has 0 aliphatic carbocycles. The topological polar surface area (TPSA) is 93.5 Å². The molecule has 1 aromatic heterocycles. The Hall–Kier alpha value is -2.11. The van der Waals surface area contributed by atoms with Gasteiger partial charge in [-0.25, -0.2) is 4.79 Å². The van der Waals surface area contributed by atoms with Crippen molar-refractivity contribution in [3.63, 3.8) is 0 Å². The van der Waals surface area contributed by atoms with E-state index in [0.717, 1.165) is 0 Å². The molecule has 1 N–H and O–H groups in total.